The zero-order valence-corrected chi connectivity index (χ0v) is 12.5. The first-order chi connectivity index (χ1) is 10.1. The van der Waals surface area contributed by atoms with Gasteiger partial charge in [-0.25, -0.2) is 9.89 Å². The molecule has 1 amide bonds. The summed E-state index contributed by atoms with van der Waals surface area (Å²) >= 11 is 1.38. The largest absolute Gasteiger partial charge is 0.343 e. The van der Waals surface area contributed by atoms with Crippen LogP contribution in [0.15, 0.2) is 33.0 Å². The number of H-pyrrole nitrogens is 1. The number of hydrogen-bond donors (Lipinski definition) is 3. The van der Waals surface area contributed by atoms with Crippen molar-refractivity contribution in [3.63, 3.8) is 0 Å². The number of aromatic nitrogens is 3. The highest BCUT2D eigenvalue weighted by Crippen LogP contribution is 2.35. The number of carbonyl (C=O) groups is 1. The van der Waals surface area contributed by atoms with Gasteiger partial charge in [-0.1, -0.05) is 6.07 Å². The van der Waals surface area contributed by atoms with E-state index in [-0.39, 0.29) is 17.6 Å². The highest BCUT2D eigenvalue weighted by molar-refractivity contribution is 7.99. The zero-order chi connectivity index (χ0) is 15.0. The van der Waals surface area contributed by atoms with E-state index in [0.29, 0.717) is 11.7 Å². The third-order valence-corrected chi connectivity index (χ3v) is 4.38. The van der Waals surface area contributed by atoms with Crippen molar-refractivity contribution in [1.82, 2.24) is 20.1 Å². The van der Waals surface area contributed by atoms with Gasteiger partial charge in [0.15, 0.2) is 5.16 Å². The lowest BCUT2D eigenvalue weighted by atomic mass is 10.1. The predicted octanol–water partition coefficient (Wildman–Crippen LogP) is 0.955. The van der Waals surface area contributed by atoms with Gasteiger partial charge in [0.05, 0.1) is 0 Å². The topological polar surface area (TPSA) is 91.8 Å². The smallest absolute Gasteiger partial charge is 0.324 e. The number of likely N-dealkylation sites (N-methyl/N-ethyl adjacent to an activating group) is 1. The lowest BCUT2D eigenvalue weighted by molar-refractivity contribution is -0.117. The quantitative estimate of drug-likeness (QED) is 0.782. The molecule has 1 aromatic heterocycles. The summed E-state index contributed by atoms with van der Waals surface area (Å²) < 4.78 is 1.56. The minimum atomic E-state index is -0.307. The van der Waals surface area contributed by atoms with E-state index in [9.17, 15) is 9.59 Å². The monoisotopic (exact) mass is 305 g/mol. The van der Waals surface area contributed by atoms with Crippen LogP contribution in [-0.2, 0) is 11.3 Å². The SMILES string of the molecule is CCn1c(Sc2ccc3c(c2)NC(=O)C3NC)n[nH]c1=O. The fourth-order valence-electron chi connectivity index (χ4n) is 2.36. The van der Waals surface area contributed by atoms with Crippen LogP contribution >= 0.6 is 11.8 Å². The molecule has 0 fully saturated rings. The molecule has 0 radical (unpaired) electrons. The Hall–Kier alpha value is -2.06. The average molecular weight is 305 g/mol. The van der Waals surface area contributed by atoms with E-state index in [2.05, 4.69) is 20.8 Å². The van der Waals surface area contributed by atoms with Gasteiger partial charge in [0.2, 0.25) is 5.91 Å². The van der Waals surface area contributed by atoms with Gasteiger partial charge in [-0.2, -0.15) is 0 Å². The first-order valence-corrected chi connectivity index (χ1v) is 7.40. The third-order valence-electron chi connectivity index (χ3n) is 3.39. The molecule has 2 aromatic rings. The number of nitrogens with one attached hydrogen (secondary N) is 3. The van der Waals surface area contributed by atoms with Crippen LogP contribution in [0.4, 0.5) is 5.69 Å². The Bertz CT molecular complexity index is 751. The molecule has 3 N–H and O–H groups in total. The number of amides is 1. The molecule has 1 aliphatic rings. The maximum absolute atomic E-state index is 11.8. The minimum absolute atomic E-state index is 0.0557. The number of nitrogens with zero attached hydrogens (tertiary/aromatic N) is 2. The Morgan fingerprint density at radius 1 is 1.43 bits per heavy atom. The van der Waals surface area contributed by atoms with Crippen molar-refractivity contribution in [3.05, 3.63) is 34.2 Å². The van der Waals surface area contributed by atoms with E-state index < -0.39 is 0 Å². The Morgan fingerprint density at radius 2 is 2.24 bits per heavy atom. The second kappa shape index (κ2) is 5.38. The van der Waals surface area contributed by atoms with E-state index in [1.54, 1.807) is 11.6 Å². The van der Waals surface area contributed by atoms with Crippen LogP contribution in [0.1, 0.15) is 18.5 Å². The van der Waals surface area contributed by atoms with Gasteiger partial charge in [0, 0.05) is 22.7 Å². The molecule has 1 aliphatic heterocycles. The van der Waals surface area contributed by atoms with Crippen molar-refractivity contribution in [2.45, 2.75) is 29.6 Å². The van der Waals surface area contributed by atoms with Crippen molar-refractivity contribution in [2.75, 3.05) is 12.4 Å². The lowest BCUT2D eigenvalue weighted by Crippen LogP contribution is -2.23. The number of carbonyl (C=O) groups excluding carboxylic acids is 1. The number of rotatable bonds is 4. The molecular formula is C13H15N5O2S. The van der Waals surface area contributed by atoms with Crippen LogP contribution in [0.3, 0.4) is 0 Å². The minimum Gasteiger partial charge on any atom is -0.324 e. The van der Waals surface area contributed by atoms with Crippen molar-refractivity contribution < 1.29 is 4.79 Å². The molecule has 1 unspecified atom stereocenters. The molecule has 1 aromatic carbocycles. The molecule has 1 atom stereocenters. The van der Waals surface area contributed by atoms with Gasteiger partial charge in [0.25, 0.3) is 0 Å². The Balaban J connectivity index is 1.90. The molecule has 0 spiro atoms. The summed E-state index contributed by atoms with van der Waals surface area (Å²) in [7, 11) is 1.76. The Labute approximate surface area is 125 Å². The summed E-state index contributed by atoms with van der Waals surface area (Å²) in [6.07, 6.45) is 0. The van der Waals surface area contributed by atoms with E-state index >= 15 is 0 Å². The van der Waals surface area contributed by atoms with Gasteiger partial charge < -0.3 is 10.6 Å². The molecule has 0 saturated heterocycles. The van der Waals surface area contributed by atoms with Gasteiger partial charge in [0.1, 0.15) is 6.04 Å². The highest BCUT2D eigenvalue weighted by atomic mass is 32.2. The second-order valence-electron chi connectivity index (χ2n) is 4.62. The van der Waals surface area contributed by atoms with E-state index in [0.717, 1.165) is 16.1 Å². The molecular weight excluding hydrogens is 290 g/mol. The second-order valence-corrected chi connectivity index (χ2v) is 5.66. The van der Waals surface area contributed by atoms with Crippen molar-refractivity contribution in [1.29, 1.82) is 0 Å². The number of benzene rings is 1. The maximum atomic E-state index is 11.8. The van der Waals surface area contributed by atoms with Crippen LogP contribution in [0.25, 0.3) is 0 Å². The molecule has 0 aliphatic carbocycles. The van der Waals surface area contributed by atoms with Crippen molar-refractivity contribution in [2.24, 2.45) is 0 Å². The van der Waals surface area contributed by atoms with Crippen LogP contribution in [0.2, 0.25) is 0 Å². The molecule has 0 saturated carbocycles. The van der Waals surface area contributed by atoms with Gasteiger partial charge >= 0.3 is 5.69 Å². The average Bonchev–Trinajstić information content (AvgIpc) is 2.97. The van der Waals surface area contributed by atoms with Gasteiger partial charge in [-0.3, -0.25) is 9.36 Å². The third kappa shape index (κ3) is 2.36. The zero-order valence-electron chi connectivity index (χ0n) is 11.6. The first-order valence-electron chi connectivity index (χ1n) is 6.59. The van der Waals surface area contributed by atoms with Crippen molar-refractivity contribution in [3.8, 4) is 0 Å². The summed E-state index contributed by atoms with van der Waals surface area (Å²) in [5, 5.41) is 12.9. The van der Waals surface area contributed by atoms with Crippen LogP contribution in [0, 0.1) is 0 Å². The molecule has 8 heteroatoms. The fourth-order valence-corrected chi connectivity index (χ4v) is 3.29. The van der Waals surface area contributed by atoms with E-state index in [1.165, 1.54) is 11.8 Å². The predicted molar refractivity (Wildman–Crippen MR) is 79.5 cm³/mol. The molecule has 2 heterocycles. The Morgan fingerprint density at radius 3 is 2.95 bits per heavy atom. The fraction of sp³-hybridized carbons (Fsp3) is 0.308. The first kappa shape index (κ1) is 13.9. The normalized spacial score (nSPS) is 16.9. The van der Waals surface area contributed by atoms with E-state index in [1.807, 2.05) is 25.1 Å². The number of fused-ring (bicyclic) bond motifs is 1. The Kier molecular flexibility index (Phi) is 3.56. The summed E-state index contributed by atoms with van der Waals surface area (Å²) in [4.78, 5) is 24.2. The van der Waals surface area contributed by atoms with E-state index in [4.69, 9.17) is 0 Å². The highest BCUT2D eigenvalue weighted by Gasteiger charge is 2.29. The maximum Gasteiger partial charge on any atom is 0.343 e. The molecule has 0 bridgehead atoms. The standard InChI is InChI=1S/C13H15N5O2S/c1-3-18-12(20)16-17-13(18)21-7-4-5-8-9(6-7)15-11(19)10(8)14-2/h4-6,10,14H,3H2,1-2H3,(H,15,19)(H,16,20). The molecule has 3 rings (SSSR count). The van der Waals surface area contributed by atoms with Crippen LogP contribution < -0.4 is 16.3 Å². The summed E-state index contributed by atoms with van der Waals surface area (Å²) in [6.45, 7) is 2.45. The van der Waals surface area contributed by atoms with Gasteiger partial charge in [-0.05, 0) is 37.9 Å². The lowest BCUT2D eigenvalue weighted by Gasteiger charge is -2.07. The number of aromatic amines is 1. The molecule has 7 nitrogen and oxygen atoms in total. The van der Waals surface area contributed by atoms with Crippen LogP contribution in [0.5, 0.6) is 0 Å². The number of anilines is 1. The summed E-state index contributed by atoms with van der Waals surface area (Å²) in [5.41, 5.74) is 1.51. The number of hydrogen-bond acceptors (Lipinski definition) is 5. The molecule has 110 valence electrons. The summed E-state index contributed by atoms with van der Waals surface area (Å²) in [6, 6.07) is 5.43. The van der Waals surface area contributed by atoms with Gasteiger partial charge in [-0.15, -0.1) is 5.10 Å². The van der Waals surface area contributed by atoms with Crippen molar-refractivity contribution >= 4 is 23.4 Å². The summed E-state index contributed by atoms with van der Waals surface area (Å²) in [5.74, 6) is -0.0557. The molecule has 21 heavy (non-hydrogen) atoms. The van der Waals surface area contributed by atoms with Crippen LogP contribution in [-0.4, -0.2) is 27.7 Å².